The van der Waals surface area contributed by atoms with E-state index in [1.54, 1.807) is 18.2 Å². The molecule has 86 valence electrons. The minimum Gasteiger partial charge on any atom is -0.478 e. The van der Waals surface area contributed by atoms with E-state index in [2.05, 4.69) is 0 Å². The van der Waals surface area contributed by atoms with Gasteiger partial charge in [-0.25, -0.2) is 4.79 Å². The van der Waals surface area contributed by atoms with E-state index in [0.29, 0.717) is 0 Å². The molecule has 0 spiro atoms. The SMILES string of the molecule is N#CC(C#N)=C(C#N)c1ccc(N)c(C(=O)O)c1. The van der Waals surface area contributed by atoms with E-state index in [4.69, 9.17) is 26.6 Å². The summed E-state index contributed by atoms with van der Waals surface area (Å²) >= 11 is 0. The Morgan fingerprint density at radius 1 is 1.17 bits per heavy atom. The maximum absolute atomic E-state index is 10.9. The van der Waals surface area contributed by atoms with Gasteiger partial charge in [0, 0.05) is 5.69 Å². The van der Waals surface area contributed by atoms with Crippen molar-refractivity contribution in [1.29, 1.82) is 15.8 Å². The molecule has 0 atom stereocenters. The highest BCUT2D eigenvalue weighted by Crippen LogP contribution is 2.22. The summed E-state index contributed by atoms with van der Waals surface area (Å²) in [4.78, 5) is 10.9. The molecule has 1 aromatic carbocycles. The first kappa shape index (κ1) is 12.8. The maximum atomic E-state index is 10.9. The molecule has 0 amide bonds. The monoisotopic (exact) mass is 238 g/mol. The predicted molar refractivity (Wildman–Crippen MR) is 61.6 cm³/mol. The Morgan fingerprint density at radius 3 is 2.22 bits per heavy atom. The molecule has 0 aliphatic heterocycles. The van der Waals surface area contributed by atoms with Crippen LogP contribution in [0.1, 0.15) is 15.9 Å². The molecule has 3 N–H and O–H groups in total. The van der Waals surface area contributed by atoms with Crippen molar-refractivity contribution in [2.75, 3.05) is 5.73 Å². The van der Waals surface area contributed by atoms with Gasteiger partial charge in [0.25, 0.3) is 0 Å². The second-order valence-corrected chi connectivity index (χ2v) is 3.19. The average molecular weight is 238 g/mol. The van der Waals surface area contributed by atoms with E-state index in [-0.39, 0.29) is 28.0 Å². The van der Waals surface area contributed by atoms with Gasteiger partial charge in [-0.05, 0) is 17.7 Å². The molecule has 0 bridgehead atoms. The summed E-state index contributed by atoms with van der Waals surface area (Å²) < 4.78 is 0. The summed E-state index contributed by atoms with van der Waals surface area (Å²) in [5, 5.41) is 35.2. The van der Waals surface area contributed by atoms with Gasteiger partial charge in [-0.2, -0.15) is 15.8 Å². The molecule has 0 saturated heterocycles. The highest BCUT2D eigenvalue weighted by Gasteiger charge is 2.13. The molecule has 6 nitrogen and oxygen atoms in total. The Hall–Kier alpha value is -3.30. The fourth-order valence-corrected chi connectivity index (χ4v) is 1.30. The van der Waals surface area contributed by atoms with E-state index in [0.717, 1.165) is 6.07 Å². The lowest BCUT2D eigenvalue weighted by Crippen LogP contribution is -2.03. The molecule has 0 aliphatic rings. The van der Waals surface area contributed by atoms with Gasteiger partial charge in [-0.1, -0.05) is 6.07 Å². The van der Waals surface area contributed by atoms with Gasteiger partial charge in [0.05, 0.1) is 11.1 Å². The number of carboxylic acids is 1. The van der Waals surface area contributed by atoms with Crippen molar-refractivity contribution in [2.24, 2.45) is 0 Å². The van der Waals surface area contributed by atoms with E-state index in [9.17, 15) is 4.79 Å². The molecule has 18 heavy (non-hydrogen) atoms. The summed E-state index contributed by atoms with van der Waals surface area (Å²) in [7, 11) is 0. The van der Waals surface area contributed by atoms with Gasteiger partial charge >= 0.3 is 5.97 Å². The van der Waals surface area contributed by atoms with Crippen molar-refractivity contribution in [3.8, 4) is 18.2 Å². The maximum Gasteiger partial charge on any atom is 0.337 e. The molecule has 0 unspecified atom stereocenters. The second kappa shape index (κ2) is 5.16. The molecule has 0 heterocycles. The molecule has 6 heteroatoms. The number of carbonyl (C=O) groups is 1. The molecule has 1 aromatic rings. The van der Waals surface area contributed by atoms with Crippen LogP contribution in [0.15, 0.2) is 23.8 Å². The number of anilines is 1. The lowest BCUT2D eigenvalue weighted by Gasteiger charge is -2.04. The fraction of sp³-hybridized carbons (Fsp3) is 0. The van der Waals surface area contributed by atoms with Crippen molar-refractivity contribution < 1.29 is 9.90 Å². The lowest BCUT2D eigenvalue weighted by atomic mass is 9.99. The summed E-state index contributed by atoms with van der Waals surface area (Å²) in [5.41, 5.74) is 4.93. The minimum absolute atomic E-state index is 0.0407. The highest BCUT2D eigenvalue weighted by molar-refractivity contribution is 5.96. The van der Waals surface area contributed by atoms with Gasteiger partial charge in [-0.3, -0.25) is 0 Å². The first-order valence-electron chi connectivity index (χ1n) is 4.63. The summed E-state index contributed by atoms with van der Waals surface area (Å²) in [5.74, 6) is -1.25. The number of allylic oxidation sites excluding steroid dienone is 2. The molecule has 1 rings (SSSR count). The Bertz CT molecular complexity index is 653. The number of rotatable bonds is 2. The van der Waals surface area contributed by atoms with Gasteiger partial charge in [0.2, 0.25) is 0 Å². The third-order valence-corrected chi connectivity index (χ3v) is 2.16. The van der Waals surface area contributed by atoms with E-state index in [1.165, 1.54) is 12.1 Å². The molecular weight excluding hydrogens is 232 g/mol. The molecular formula is C12H6N4O2. The molecule has 0 aromatic heterocycles. The summed E-state index contributed by atoms with van der Waals surface area (Å²) in [6.07, 6.45) is 0. The molecule has 0 saturated carbocycles. The lowest BCUT2D eigenvalue weighted by molar-refractivity contribution is 0.0698. The van der Waals surface area contributed by atoms with Crippen molar-refractivity contribution >= 4 is 17.2 Å². The zero-order chi connectivity index (χ0) is 13.7. The predicted octanol–water partition coefficient (Wildman–Crippen LogP) is 1.29. The molecule has 0 radical (unpaired) electrons. The number of nitriles is 3. The molecule has 0 aliphatic carbocycles. The number of carboxylic acid groups (broad SMARTS) is 1. The van der Waals surface area contributed by atoms with Crippen LogP contribution in [-0.4, -0.2) is 11.1 Å². The highest BCUT2D eigenvalue weighted by atomic mass is 16.4. The Labute approximate surface area is 102 Å². The van der Waals surface area contributed by atoms with E-state index < -0.39 is 5.97 Å². The quantitative estimate of drug-likeness (QED) is 0.588. The van der Waals surface area contributed by atoms with Gasteiger partial charge in [0.1, 0.15) is 23.8 Å². The first-order valence-corrected chi connectivity index (χ1v) is 4.63. The zero-order valence-electron chi connectivity index (χ0n) is 9.01. The fourth-order valence-electron chi connectivity index (χ4n) is 1.30. The Kier molecular flexibility index (Phi) is 3.66. The van der Waals surface area contributed by atoms with Crippen LogP contribution in [0.25, 0.3) is 5.57 Å². The summed E-state index contributed by atoms with van der Waals surface area (Å²) in [6, 6.07) is 8.72. The van der Waals surface area contributed by atoms with Crippen LogP contribution in [0.3, 0.4) is 0 Å². The van der Waals surface area contributed by atoms with Crippen molar-refractivity contribution in [3.63, 3.8) is 0 Å². The number of hydrogen-bond donors (Lipinski definition) is 2. The number of hydrogen-bond acceptors (Lipinski definition) is 5. The number of nitrogens with two attached hydrogens (primary N) is 1. The molecule has 0 fully saturated rings. The van der Waals surface area contributed by atoms with Gasteiger partial charge in [-0.15, -0.1) is 0 Å². The van der Waals surface area contributed by atoms with Crippen molar-refractivity contribution in [1.82, 2.24) is 0 Å². The van der Waals surface area contributed by atoms with E-state index in [1.807, 2.05) is 0 Å². The summed E-state index contributed by atoms with van der Waals surface area (Å²) in [6.45, 7) is 0. The normalized spacial score (nSPS) is 8.50. The van der Waals surface area contributed by atoms with Crippen molar-refractivity contribution in [3.05, 3.63) is 34.9 Å². The second-order valence-electron chi connectivity index (χ2n) is 3.19. The third kappa shape index (κ3) is 2.27. The standard InChI is InChI=1S/C12H6N4O2/c13-4-8(5-14)10(6-15)7-1-2-11(16)9(3-7)12(17)18/h1-3H,16H2,(H,17,18). The Balaban J connectivity index is 3.55. The van der Waals surface area contributed by atoms with Gasteiger partial charge < -0.3 is 10.8 Å². The smallest absolute Gasteiger partial charge is 0.337 e. The first-order chi connectivity index (χ1) is 8.54. The largest absolute Gasteiger partial charge is 0.478 e. The topological polar surface area (TPSA) is 135 Å². The minimum atomic E-state index is -1.25. The number of benzene rings is 1. The van der Waals surface area contributed by atoms with E-state index >= 15 is 0 Å². The van der Waals surface area contributed by atoms with Crippen LogP contribution in [0.4, 0.5) is 5.69 Å². The number of nitrogens with zero attached hydrogens (tertiary/aromatic N) is 3. The zero-order valence-corrected chi connectivity index (χ0v) is 9.01. The van der Waals surface area contributed by atoms with Crippen molar-refractivity contribution in [2.45, 2.75) is 0 Å². The van der Waals surface area contributed by atoms with Crippen LogP contribution in [0.5, 0.6) is 0 Å². The number of nitrogen functional groups attached to an aromatic ring is 1. The number of aromatic carboxylic acids is 1. The van der Waals surface area contributed by atoms with Crippen LogP contribution in [0, 0.1) is 34.0 Å². The van der Waals surface area contributed by atoms with Crippen LogP contribution in [0.2, 0.25) is 0 Å². The van der Waals surface area contributed by atoms with Crippen LogP contribution >= 0.6 is 0 Å². The van der Waals surface area contributed by atoms with Crippen LogP contribution in [-0.2, 0) is 0 Å². The van der Waals surface area contributed by atoms with Crippen LogP contribution < -0.4 is 5.73 Å². The Morgan fingerprint density at radius 2 is 1.78 bits per heavy atom. The average Bonchev–Trinajstić information content (AvgIpc) is 2.36. The third-order valence-electron chi connectivity index (χ3n) is 2.16. The van der Waals surface area contributed by atoms with Gasteiger partial charge in [0.15, 0.2) is 0 Å².